The van der Waals surface area contributed by atoms with Crippen LogP contribution < -0.4 is 0 Å². The number of para-hydroxylation sites is 4. The molecule has 0 aliphatic heterocycles. The summed E-state index contributed by atoms with van der Waals surface area (Å²) in [7, 11) is 0. The standard InChI is InChI=1S/C36H22N2O2/c1-21-37-30-10-4-5-11-31(30)38(21)25-17-16-22-18-24(15-14-23(22)19-25)34-35-28(26-8-2-6-12-32(26)39-35)20-29-27-9-3-7-13-33(27)40-36(29)34/h2-20H,1H3. The lowest BCUT2D eigenvalue weighted by molar-refractivity contribution is 0.658. The van der Waals surface area contributed by atoms with E-state index in [-0.39, 0.29) is 0 Å². The van der Waals surface area contributed by atoms with Gasteiger partial charge < -0.3 is 8.83 Å². The molecule has 0 saturated carbocycles. The Kier molecular flexibility index (Phi) is 4.23. The Balaban J connectivity index is 1.31. The number of aryl methyl sites for hydroxylation is 1. The van der Waals surface area contributed by atoms with E-state index in [1.807, 2.05) is 30.3 Å². The average Bonchev–Trinajstić information content (AvgIpc) is 3.65. The summed E-state index contributed by atoms with van der Waals surface area (Å²) in [6, 6.07) is 40.2. The normalized spacial score (nSPS) is 12.1. The first-order chi connectivity index (χ1) is 19.7. The van der Waals surface area contributed by atoms with E-state index in [4.69, 9.17) is 13.8 Å². The molecule has 0 radical (unpaired) electrons. The van der Waals surface area contributed by atoms with Gasteiger partial charge in [-0.05, 0) is 71.8 Å². The Labute approximate surface area is 228 Å². The first-order valence-electron chi connectivity index (χ1n) is 13.5. The topological polar surface area (TPSA) is 44.1 Å². The fourth-order valence-electron chi connectivity index (χ4n) is 6.30. The Morgan fingerprint density at radius 1 is 0.575 bits per heavy atom. The summed E-state index contributed by atoms with van der Waals surface area (Å²) < 4.78 is 15.2. The van der Waals surface area contributed by atoms with E-state index in [0.29, 0.717) is 0 Å². The van der Waals surface area contributed by atoms with Gasteiger partial charge in [-0.1, -0.05) is 66.7 Å². The minimum Gasteiger partial charge on any atom is -0.455 e. The number of aromatic nitrogens is 2. The molecule has 0 fully saturated rings. The van der Waals surface area contributed by atoms with Gasteiger partial charge in [0.1, 0.15) is 28.2 Å². The molecule has 0 saturated heterocycles. The van der Waals surface area contributed by atoms with E-state index < -0.39 is 0 Å². The van der Waals surface area contributed by atoms with Crippen LogP contribution in [-0.2, 0) is 0 Å². The molecule has 4 nitrogen and oxygen atoms in total. The van der Waals surface area contributed by atoms with E-state index in [2.05, 4.69) is 96.4 Å². The van der Waals surface area contributed by atoms with E-state index in [9.17, 15) is 0 Å². The largest absolute Gasteiger partial charge is 0.455 e. The molecule has 0 aliphatic carbocycles. The first-order valence-corrected chi connectivity index (χ1v) is 13.5. The fourth-order valence-corrected chi connectivity index (χ4v) is 6.30. The number of hydrogen-bond donors (Lipinski definition) is 0. The van der Waals surface area contributed by atoms with Crippen LogP contribution in [0.4, 0.5) is 0 Å². The SMILES string of the molecule is Cc1nc2ccccc2n1-c1ccc2cc(-c3c4oc5ccccc5c4cc4c3oc3ccccc34)ccc2c1. The van der Waals surface area contributed by atoms with Gasteiger partial charge in [0.15, 0.2) is 0 Å². The predicted molar refractivity (Wildman–Crippen MR) is 163 cm³/mol. The van der Waals surface area contributed by atoms with Crippen molar-refractivity contribution in [2.24, 2.45) is 0 Å². The van der Waals surface area contributed by atoms with Crippen LogP contribution in [0, 0.1) is 6.92 Å². The van der Waals surface area contributed by atoms with Crippen LogP contribution in [-0.4, -0.2) is 9.55 Å². The summed E-state index contributed by atoms with van der Waals surface area (Å²) >= 11 is 0. The van der Waals surface area contributed by atoms with Gasteiger partial charge in [-0.15, -0.1) is 0 Å². The lowest BCUT2D eigenvalue weighted by Gasteiger charge is -2.10. The Bertz CT molecular complexity index is 2370. The van der Waals surface area contributed by atoms with Crippen molar-refractivity contribution in [2.45, 2.75) is 6.92 Å². The summed E-state index contributed by atoms with van der Waals surface area (Å²) in [5.74, 6) is 0.973. The number of benzene rings is 6. The fraction of sp³-hybridized carbons (Fsp3) is 0.0278. The molecule has 188 valence electrons. The van der Waals surface area contributed by atoms with Crippen molar-refractivity contribution in [1.29, 1.82) is 0 Å². The van der Waals surface area contributed by atoms with E-state index in [0.717, 1.165) is 88.3 Å². The van der Waals surface area contributed by atoms with Gasteiger partial charge in [0.2, 0.25) is 0 Å². The predicted octanol–water partition coefficient (Wildman–Crippen LogP) is 9.95. The number of furan rings is 2. The van der Waals surface area contributed by atoms with E-state index in [1.165, 1.54) is 0 Å². The minimum absolute atomic E-state index is 0.851. The Morgan fingerprint density at radius 3 is 1.95 bits per heavy atom. The highest BCUT2D eigenvalue weighted by molar-refractivity contribution is 6.22. The van der Waals surface area contributed by atoms with Crippen molar-refractivity contribution in [1.82, 2.24) is 9.55 Å². The molecule has 40 heavy (non-hydrogen) atoms. The van der Waals surface area contributed by atoms with Gasteiger partial charge >= 0.3 is 0 Å². The third-order valence-electron chi connectivity index (χ3n) is 8.11. The highest BCUT2D eigenvalue weighted by Gasteiger charge is 2.21. The zero-order chi connectivity index (χ0) is 26.4. The molecule has 4 heteroatoms. The summed E-state index contributed by atoms with van der Waals surface area (Å²) in [5, 5.41) is 6.74. The number of imidazole rings is 1. The number of fused-ring (bicyclic) bond motifs is 8. The Morgan fingerprint density at radius 2 is 1.20 bits per heavy atom. The third kappa shape index (κ3) is 2.93. The summed E-state index contributed by atoms with van der Waals surface area (Å²) in [5.41, 5.74) is 8.73. The maximum absolute atomic E-state index is 6.51. The van der Waals surface area contributed by atoms with Crippen molar-refractivity contribution in [2.75, 3.05) is 0 Å². The van der Waals surface area contributed by atoms with Crippen LogP contribution in [0.15, 0.2) is 124 Å². The lowest BCUT2D eigenvalue weighted by Crippen LogP contribution is -1.96. The molecule has 0 N–H and O–H groups in total. The van der Waals surface area contributed by atoms with E-state index in [1.54, 1.807) is 0 Å². The quantitative estimate of drug-likeness (QED) is 0.231. The van der Waals surface area contributed by atoms with Crippen molar-refractivity contribution >= 4 is 65.7 Å². The third-order valence-corrected chi connectivity index (χ3v) is 8.11. The first kappa shape index (κ1) is 21.6. The van der Waals surface area contributed by atoms with Gasteiger partial charge in [-0.25, -0.2) is 4.98 Å². The van der Waals surface area contributed by atoms with Gasteiger partial charge in [0.25, 0.3) is 0 Å². The molecular formula is C36H22N2O2. The molecule has 0 unspecified atom stereocenters. The van der Waals surface area contributed by atoms with Crippen molar-refractivity contribution in [3.8, 4) is 16.8 Å². The molecule has 3 aromatic heterocycles. The molecule has 0 amide bonds. The van der Waals surface area contributed by atoms with Gasteiger partial charge in [0, 0.05) is 27.2 Å². The van der Waals surface area contributed by atoms with Crippen molar-refractivity contribution in [3.05, 3.63) is 121 Å². The van der Waals surface area contributed by atoms with Crippen LogP contribution in [0.25, 0.3) is 82.5 Å². The molecule has 0 spiro atoms. The van der Waals surface area contributed by atoms with Crippen LogP contribution in [0.2, 0.25) is 0 Å². The van der Waals surface area contributed by atoms with Gasteiger partial charge in [-0.2, -0.15) is 0 Å². The zero-order valence-electron chi connectivity index (χ0n) is 21.7. The average molecular weight is 515 g/mol. The zero-order valence-corrected chi connectivity index (χ0v) is 21.7. The smallest absolute Gasteiger partial charge is 0.147 e. The second kappa shape index (κ2) is 7.84. The highest BCUT2D eigenvalue weighted by Crippen LogP contribution is 2.44. The lowest BCUT2D eigenvalue weighted by atomic mass is 9.96. The number of hydrogen-bond acceptors (Lipinski definition) is 3. The maximum Gasteiger partial charge on any atom is 0.147 e. The number of rotatable bonds is 2. The molecule has 0 atom stereocenters. The van der Waals surface area contributed by atoms with Gasteiger partial charge in [-0.3, -0.25) is 4.57 Å². The molecule has 9 rings (SSSR count). The van der Waals surface area contributed by atoms with Crippen LogP contribution in [0.5, 0.6) is 0 Å². The summed E-state index contributed by atoms with van der Waals surface area (Å²) in [6.07, 6.45) is 0. The molecule has 9 aromatic rings. The van der Waals surface area contributed by atoms with Crippen LogP contribution in [0.3, 0.4) is 0 Å². The molecule has 3 heterocycles. The molecular weight excluding hydrogens is 492 g/mol. The second-order valence-corrected chi connectivity index (χ2v) is 10.4. The highest BCUT2D eigenvalue weighted by atomic mass is 16.3. The summed E-state index contributed by atoms with van der Waals surface area (Å²) in [6.45, 7) is 2.06. The molecule has 6 aromatic carbocycles. The second-order valence-electron chi connectivity index (χ2n) is 10.4. The summed E-state index contributed by atoms with van der Waals surface area (Å²) in [4.78, 5) is 4.76. The molecule has 0 aliphatic rings. The van der Waals surface area contributed by atoms with Gasteiger partial charge in [0.05, 0.1) is 16.6 Å². The van der Waals surface area contributed by atoms with Crippen molar-refractivity contribution < 1.29 is 8.83 Å². The molecule has 0 bridgehead atoms. The minimum atomic E-state index is 0.851. The Hall–Kier alpha value is -5.35. The monoisotopic (exact) mass is 514 g/mol. The maximum atomic E-state index is 6.51. The van der Waals surface area contributed by atoms with Crippen molar-refractivity contribution in [3.63, 3.8) is 0 Å². The number of nitrogens with zero attached hydrogens (tertiary/aromatic N) is 2. The van der Waals surface area contributed by atoms with Crippen LogP contribution in [0.1, 0.15) is 5.82 Å². The van der Waals surface area contributed by atoms with E-state index >= 15 is 0 Å². The van der Waals surface area contributed by atoms with Crippen LogP contribution >= 0.6 is 0 Å².